The van der Waals surface area contributed by atoms with Crippen molar-refractivity contribution in [2.45, 2.75) is 52.6 Å². The molecule has 0 fully saturated rings. The highest BCUT2D eigenvalue weighted by molar-refractivity contribution is 5.36. The Morgan fingerprint density at radius 2 is 1.95 bits per heavy atom. The van der Waals surface area contributed by atoms with Gasteiger partial charge in [0.05, 0.1) is 6.07 Å². The first-order valence-electron chi connectivity index (χ1n) is 6.83. The van der Waals surface area contributed by atoms with E-state index in [1.54, 1.807) is 0 Å². The first-order valence-corrected chi connectivity index (χ1v) is 6.83. The van der Waals surface area contributed by atoms with Crippen LogP contribution in [0.3, 0.4) is 0 Å². The van der Waals surface area contributed by atoms with Gasteiger partial charge in [0, 0.05) is 6.04 Å². The highest BCUT2D eigenvalue weighted by atomic mass is 16.5. The van der Waals surface area contributed by atoms with E-state index < -0.39 is 0 Å². The van der Waals surface area contributed by atoms with E-state index in [1.807, 2.05) is 26.0 Å². The quantitative estimate of drug-likeness (QED) is 0.852. The summed E-state index contributed by atoms with van der Waals surface area (Å²) in [6, 6.07) is 8.34. The highest BCUT2D eigenvalue weighted by Gasteiger charge is 2.10. The Morgan fingerprint density at radius 3 is 2.42 bits per heavy atom. The van der Waals surface area contributed by atoms with Gasteiger partial charge in [-0.3, -0.25) is 5.32 Å². The maximum atomic E-state index is 9.03. The molecule has 0 spiro atoms. The molecule has 0 saturated heterocycles. The number of nitriles is 1. The topological polar surface area (TPSA) is 45.0 Å². The number of benzene rings is 1. The van der Waals surface area contributed by atoms with E-state index in [1.165, 1.54) is 11.1 Å². The van der Waals surface area contributed by atoms with Gasteiger partial charge < -0.3 is 4.74 Å². The Kier molecular flexibility index (Phi) is 5.85. The predicted molar refractivity (Wildman–Crippen MR) is 78.4 cm³/mol. The van der Waals surface area contributed by atoms with E-state index >= 15 is 0 Å². The number of hydrogen-bond acceptors (Lipinski definition) is 3. The van der Waals surface area contributed by atoms with Gasteiger partial charge in [0.1, 0.15) is 18.4 Å². The van der Waals surface area contributed by atoms with Gasteiger partial charge in [-0.1, -0.05) is 19.9 Å². The van der Waals surface area contributed by atoms with Crippen molar-refractivity contribution in [2.75, 3.05) is 6.61 Å². The van der Waals surface area contributed by atoms with Crippen molar-refractivity contribution in [3.63, 3.8) is 0 Å². The number of rotatable bonds is 6. The summed E-state index contributed by atoms with van der Waals surface area (Å²) in [6.45, 7) is 10.9. The van der Waals surface area contributed by atoms with E-state index in [-0.39, 0.29) is 12.1 Å². The van der Waals surface area contributed by atoms with Crippen LogP contribution in [0.1, 0.15) is 44.7 Å². The van der Waals surface area contributed by atoms with E-state index in [0.717, 1.165) is 5.75 Å². The van der Waals surface area contributed by atoms with Crippen LogP contribution < -0.4 is 10.1 Å². The molecule has 0 amide bonds. The summed E-state index contributed by atoms with van der Waals surface area (Å²) in [4.78, 5) is 0. The molecule has 3 heteroatoms. The lowest BCUT2D eigenvalue weighted by molar-refractivity contribution is 0.282. The normalized spacial score (nSPS) is 12.5. The largest absolute Gasteiger partial charge is 0.491 e. The van der Waals surface area contributed by atoms with Crippen LogP contribution in [0.15, 0.2) is 18.2 Å². The fourth-order valence-corrected chi connectivity index (χ4v) is 2.09. The molecule has 0 aromatic heterocycles. The lowest BCUT2D eigenvalue weighted by Crippen LogP contribution is -2.37. The van der Waals surface area contributed by atoms with Crippen molar-refractivity contribution >= 4 is 0 Å². The monoisotopic (exact) mass is 260 g/mol. The average Bonchev–Trinajstić information content (AvgIpc) is 2.33. The van der Waals surface area contributed by atoms with E-state index in [0.29, 0.717) is 12.5 Å². The Bertz CT molecular complexity index is 447. The molecule has 0 radical (unpaired) electrons. The Balaban J connectivity index is 2.63. The van der Waals surface area contributed by atoms with Crippen LogP contribution in [0, 0.1) is 18.3 Å². The van der Waals surface area contributed by atoms with Crippen LogP contribution in [-0.2, 0) is 0 Å². The maximum absolute atomic E-state index is 9.03. The first kappa shape index (κ1) is 15.5. The van der Waals surface area contributed by atoms with Crippen molar-refractivity contribution in [2.24, 2.45) is 0 Å². The second-order valence-electron chi connectivity index (χ2n) is 5.49. The molecule has 19 heavy (non-hydrogen) atoms. The van der Waals surface area contributed by atoms with Crippen LogP contribution in [0.4, 0.5) is 0 Å². The number of nitrogens with one attached hydrogen (secondary N) is 1. The zero-order chi connectivity index (χ0) is 14.4. The van der Waals surface area contributed by atoms with Gasteiger partial charge in [-0.25, -0.2) is 0 Å². The zero-order valence-electron chi connectivity index (χ0n) is 12.5. The molecule has 1 aromatic carbocycles. The third-order valence-corrected chi connectivity index (χ3v) is 2.97. The zero-order valence-corrected chi connectivity index (χ0v) is 12.5. The van der Waals surface area contributed by atoms with Crippen LogP contribution in [0.2, 0.25) is 0 Å². The number of nitrogens with zero attached hydrogens (tertiary/aromatic N) is 1. The molecule has 0 aliphatic heterocycles. The highest BCUT2D eigenvalue weighted by Crippen LogP contribution is 2.23. The third-order valence-electron chi connectivity index (χ3n) is 2.97. The van der Waals surface area contributed by atoms with Crippen LogP contribution in [-0.4, -0.2) is 18.7 Å². The van der Waals surface area contributed by atoms with Crippen molar-refractivity contribution in [3.8, 4) is 11.8 Å². The van der Waals surface area contributed by atoms with E-state index in [4.69, 9.17) is 10.00 Å². The smallest absolute Gasteiger partial charge is 0.130 e. The fourth-order valence-electron chi connectivity index (χ4n) is 2.09. The standard InChI is InChI=1S/C16H24N2O/c1-11(2)16-7-6-15(8-13(16)5)19-10-14(9-17)18-12(3)4/h6-8,11-12,14,18H,10H2,1-5H3. The molecule has 104 valence electrons. The minimum Gasteiger partial charge on any atom is -0.491 e. The van der Waals surface area contributed by atoms with Gasteiger partial charge >= 0.3 is 0 Å². The van der Waals surface area contributed by atoms with Gasteiger partial charge in [-0.15, -0.1) is 0 Å². The Hall–Kier alpha value is -1.53. The van der Waals surface area contributed by atoms with Crippen molar-refractivity contribution in [1.82, 2.24) is 5.32 Å². The second-order valence-corrected chi connectivity index (χ2v) is 5.49. The van der Waals surface area contributed by atoms with Crippen LogP contribution in [0.25, 0.3) is 0 Å². The van der Waals surface area contributed by atoms with Gasteiger partial charge in [0.15, 0.2) is 0 Å². The lowest BCUT2D eigenvalue weighted by Gasteiger charge is -2.16. The van der Waals surface area contributed by atoms with E-state index in [9.17, 15) is 0 Å². The fraction of sp³-hybridized carbons (Fsp3) is 0.562. The molecule has 1 rings (SSSR count). The maximum Gasteiger partial charge on any atom is 0.130 e. The minimum absolute atomic E-state index is 0.273. The van der Waals surface area contributed by atoms with Gasteiger partial charge in [-0.2, -0.15) is 5.26 Å². The first-order chi connectivity index (χ1) is 8.93. The summed E-state index contributed by atoms with van der Waals surface area (Å²) in [6.07, 6.45) is 0. The second kappa shape index (κ2) is 7.16. The molecular formula is C16H24N2O. The van der Waals surface area contributed by atoms with Crippen molar-refractivity contribution in [1.29, 1.82) is 5.26 Å². The minimum atomic E-state index is -0.273. The Morgan fingerprint density at radius 1 is 1.26 bits per heavy atom. The third kappa shape index (κ3) is 4.92. The molecule has 1 atom stereocenters. The summed E-state index contributed by atoms with van der Waals surface area (Å²) < 4.78 is 5.69. The van der Waals surface area contributed by atoms with Crippen LogP contribution in [0.5, 0.6) is 5.75 Å². The Labute approximate surface area is 116 Å². The number of aryl methyl sites for hydroxylation is 1. The van der Waals surface area contributed by atoms with Crippen molar-refractivity contribution < 1.29 is 4.74 Å². The van der Waals surface area contributed by atoms with Crippen LogP contribution >= 0.6 is 0 Å². The number of hydrogen-bond donors (Lipinski definition) is 1. The van der Waals surface area contributed by atoms with Gasteiger partial charge in [-0.05, 0) is 49.9 Å². The summed E-state index contributed by atoms with van der Waals surface area (Å²) in [5.41, 5.74) is 2.57. The molecule has 1 unspecified atom stereocenters. The van der Waals surface area contributed by atoms with Gasteiger partial charge in [0.25, 0.3) is 0 Å². The average molecular weight is 260 g/mol. The molecule has 0 aliphatic rings. The van der Waals surface area contributed by atoms with Crippen molar-refractivity contribution in [3.05, 3.63) is 29.3 Å². The molecular weight excluding hydrogens is 236 g/mol. The van der Waals surface area contributed by atoms with E-state index in [2.05, 4.69) is 38.2 Å². The summed E-state index contributed by atoms with van der Waals surface area (Å²) in [5, 5.41) is 12.2. The van der Waals surface area contributed by atoms with Gasteiger partial charge in [0.2, 0.25) is 0 Å². The summed E-state index contributed by atoms with van der Waals surface area (Å²) in [5.74, 6) is 1.34. The number of ether oxygens (including phenoxy) is 1. The molecule has 1 N–H and O–H groups in total. The molecule has 0 bridgehead atoms. The molecule has 3 nitrogen and oxygen atoms in total. The molecule has 1 aromatic rings. The summed E-state index contributed by atoms with van der Waals surface area (Å²) >= 11 is 0. The molecule has 0 heterocycles. The molecule has 0 aliphatic carbocycles. The molecule has 0 saturated carbocycles. The summed E-state index contributed by atoms with van der Waals surface area (Å²) in [7, 11) is 0. The predicted octanol–water partition coefficient (Wildman–Crippen LogP) is 3.39. The lowest BCUT2D eigenvalue weighted by atomic mass is 9.98. The SMILES string of the molecule is Cc1cc(OCC(C#N)NC(C)C)ccc1C(C)C.